The van der Waals surface area contributed by atoms with Crippen LogP contribution < -0.4 is 0 Å². The van der Waals surface area contributed by atoms with E-state index in [1.165, 1.54) is 0 Å². The van der Waals surface area contributed by atoms with E-state index in [1.54, 1.807) is 6.08 Å². The van der Waals surface area contributed by atoms with Gasteiger partial charge < -0.3 is 0 Å². The summed E-state index contributed by atoms with van der Waals surface area (Å²) in [5, 5.41) is 9.94. The number of hydrogen-bond acceptors (Lipinski definition) is 2. The second-order valence-electron chi connectivity index (χ2n) is 2.67. The Hall–Kier alpha value is -1.12. The van der Waals surface area contributed by atoms with Crippen LogP contribution in [0.4, 0.5) is 0 Å². The minimum Gasteiger partial charge on any atom is -0.259 e. The van der Waals surface area contributed by atoms with Gasteiger partial charge in [-0.1, -0.05) is 12.2 Å². The van der Waals surface area contributed by atoms with Crippen LogP contribution in [0.2, 0.25) is 0 Å². The lowest BCUT2D eigenvalue weighted by Crippen LogP contribution is -1.99. The number of hydrogen-bond donors (Lipinski definition) is 0. The fraction of sp³-hybridized carbons (Fsp3) is 0.500. The van der Waals surface area contributed by atoms with Crippen molar-refractivity contribution in [2.24, 2.45) is 5.92 Å². The fourth-order valence-electron chi connectivity index (χ4n) is 1.18. The summed E-state index contributed by atoms with van der Waals surface area (Å²) in [7, 11) is 0. The summed E-state index contributed by atoms with van der Waals surface area (Å²) in [4.78, 5) is 9.54. The second-order valence-corrected chi connectivity index (χ2v) is 2.67. The van der Waals surface area contributed by atoms with Crippen LogP contribution in [0.15, 0.2) is 24.4 Å². The molecule has 0 bridgehead atoms. The van der Waals surface area contributed by atoms with Gasteiger partial charge in [-0.25, -0.2) is 0 Å². The van der Waals surface area contributed by atoms with Gasteiger partial charge >= 0.3 is 0 Å². The first-order chi connectivity index (χ1) is 5.29. The minimum atomic E-state index is -0.404. The Bertz CT molecular complexity index is 196. The van der Waals surface area contributed by atoms with Crippen LogP contribution in [0.1, 0.15) is 19.3 Å². The number of nitrogens with zero attached hydrogens (tertiary/aromatic N) is 1. The molecule has 1 unspecified atom stereocenters. The smallest absolute Gasteiger partial charge is 0.230 e. The highest BCUT2D eigenvalue weighted by Gasteiger charge is 2.06. The molecule has 0 amide bonds. The Kier molecular flexibility index (Phi) is 2.83. The zero-order valence-electron chi connectivity index (χ0n) is 6.27. The molecule has 60 valence electrons. The van der Waals surface area contributed by atoms with E-state index >= 15 is 0 Å². The monoisotopic (exact) mass is 153 g/mol. The molecule has 1 aliphatic rings. The molecule has 0 saturated heterocycles. The van der Waals surface area contributed by atoms with E-state index in [4.69, 9.17) is 0 Å². The first-order valence-electron chi connectivity index (χ1n) is 3.76. The summed E-state index contributed by atoms with van der Waals surface area (Å²) in [6.45, 7) is 0. The lowest BCUT2D eigenvalue weighted by molar-refractivity contribution is -0.402. The topological polar surface area (TPSA) is 43.1 Å². The maximum atomic E-state index is 9.94. The molecule has 1 aliphatic carbocycles. The first kappa shape index (κ1) is 7.98. The molecule has 0 aromatic carbocycles. The van der Waals surface area contributed by atoms with Crippen molar-refractivity contribution in [3.63, 3.8) is 0 Å². The van der Waals surface area contributed by atoms with Gasteiger partial charge in [-0.15, -0.1) is 0 Å². The van der Waals surface area contributed by atoms with E-state index in [0.717, 1.165) is 25.5 Å². The maximum Gasteiger partial charge on any atom is 0.230 e. The molecule has 1 atom stereocenters. The molecule has 0 aliphatic heterocycles. The van der Waals surface area contributed by atoms with Crippen molar-refractivity contribution in [2.75, 3.05) is 0 Å². The summed E-state index contributed by atoms with van der Waals surface area (Å²) in [5.41, 5.74) is 0. The van der Waals surface area contributed by atoms with Crippen LogP contribution in [-0.4, -0.2) is 4.92 Å². The number of rotatable bonds is 2. The Balaban J connectivity index is 2.37. The lowest BCUT2D eigenvalue weighted by Gasteiger charge is -2.10. The normalized spacial score (nSPS) is 24.2. The molecule has 0 aromatic rings. The molecule has 0 saturated carbocycles. The van der Waals surface area contributed by atoms with Crippen molar-refractivity contribution in [1.29, 1.82) is 0 Å². The van der Waals surface area contributed by atoms with Gasteiger partial charge in [0.05, 0.1) is 4.92 Å². The van der Waals surface area contributed by atoms with Crippen molar-refractivity contribution in [2.45, 2.75) is 19.3 Å². The Morgan fingerprint density at radius 1 is 1.55 bits per heavy atom. The molecular weight excluding hydrogens is 142 g/mol. The van der Waals surface area contributed by atoms with Gasteiger partial charge in [0.2, 0.25) is 6.20 Å². The van der Waals surface area contributed by atoms with Crippen molar-refractivity contribution in [1.82, 2.24) is 0 Å². The van der Waals surface area contributed by atoms with Crippen LogP contribution >= 0.6 is 0 Å². The molecule has 0 heterocycles. The number of allylic oxidation sites excluding steroid dienone is 3. The Morgan fingerprint density at radius 2 is 2.36 bits per heavy atom. The van der Waals surface area contributed by atoms with Gasteiger partial charge in [-0.05, 0) is 31.3 Å². The average molecular weight is 153 g/mol. The molecule has 0 fully saturated rings. The lowest BCUT2D eigenvalue weighted by atomic mass is 9.95. The quantitative estimate of drug-likeness (QED) is 0.346. The van der Waals surface area contributed by atoms with E-state index < -0.39 is 4.92 Å². The molecule has 0 radical (unpaired) electrons. The fourth-order valence-corrected chi connectivity index (χ4v) is 1.18. The van der Waals surface area contributed by atoms with Crippen molar-refractivity contribution in [3.05, 3.63) is 34.5 Å². The van der Waals surface area contributed by atoms with E-state index in [-0.39, 0.29) is 0 Å². The second kappa shape index (κ2) is 3.91. The molecule has 0 N–H and O–H groups in total. The molecule has 0 spiro atoms. The van der Waals surface area contributed by atoms with Crippen molar-refractivity contribution in [3.8, 4) is 0 Å². The zero-order valence-corrected chi connectivity index (χ0v) is 6.27. The van der Waals surface area contributed by atoms with Gasteiger partial charge in [-0.2, -0.15) is 0 Å². The third-order valence-corrected chi connectivity index (χ3v) is 1.79. The molecular formula is C8H11NO2. The average Bonchev–Trinajstić information content (AvgIpc) is 2.03. The van der Waals surface area contributed by atoms with Gasteiger partial charge in [0, 0.05) is 0 Å². The van der Waals surface area contributed by atoms with Crippen LogP contribution in [0.25, 0.3) is 0 Å². The van der Waals surface area contributed by atoms with Crippen LogP contribution in [-0.2, 0) is 0 Å². The SMILES string of the molecule is O=[N+]([O-])/C=C/C1CC=CCC1. The van der Waals surface area contributed by atoms with E-state index in [9.17, 15) is 10.1 Å². The van der Waals surface area contributed by atoms with Crippen LogP contribution in [0.3, 0.4) is 0 Å². The summed E-state index contributed by atoms with van der Waals surface area (Å²) in [6.07, 6.45) is 9.97. The molecule has 1 rings (SSSR count). The minimum absolute atomic E-state index is 0.380. The van der Waals surface area contributed by atoms with Crippen molar-refractivity contribution >= 4 is 0 Å². The van der Waals surface area contributed by atoms with Gasteiger partial charge in [0.15, 0.2) is 0 Å². The zero-order chi connectivity index (χ0) is 8.10. The third-order valence-electron chi connectivity index (χ3n) is 1.79. The maximum absolute atomic E-state index is 9.94. The van der Waals surface area contributed by atoms with Gasteiger partial charge in [0.25, 0.3) is 0 Å². The predicted octanol–water partition coefficient (Wildman–Crippen LogP) is 2.13. The highest BCUT2D eigenvalue weighted by Crippen LogP contribution is 2.18. The largest absolute Gasteiger partial charge is 0.259 e. The number of nitro groups is 1. The van der Waals surface area contributed by atoms with Crippen LogP contribution in [0.5, 0.6) is 0 Å². The van der Waals surface area contributed by atoms with E-state index in [1.807, 2.05) is 0 Å². The first-order valence-corrected chi connectivity index (χ1v) is 3.76. The Labute approximate surface area is 65.6 Å². The summed E-state index contributed by atoms with van der Waals surface area (Å²) >= 11 is 0. The Morgan fingerprint density at radius 3 is 2.91 bits per heavy atom. The predicted molar refractivity (Wildman–Crippen MR) is 42.6 cm³/mol. The summed E-state index contributed by atoms with van der Waals surface area (Å²) < 4.78 is 0. The van der Waals surface area contributed by atoms with Gasteiger partial charge in [-0.3, -0.25) is 10.1 Å². The van der Waals surface area contributed by atoms with Gasteiger partial charge in [0.1, 0.15) is 0 Å². The molecule has 11 heavy (non-hydrogen) atoms. The highest BCUT2D eigenvalue weighted by molar-refractivity contribution is 4.96. The highest BCUT2D eigenvalue weighted by atomic mass is 16.6. The summed E-state index contributed by atoms with van der Waals surface area (Å²) in [6, 6.07) is 0. The molecule has 3 nitrogen and oxygen atoms in total. The van der Waals surface area contributed by atoms with Crippen LogP contribution in [0, 0.1) is 16.0 Å². The molecule has 3 heteroatoms. The third kappa shape index (κ3) is 2.98. The standard InChI is InChI=1S/C8H11NO2/c10-9(11)7-6-8-4-2-1-3-5-8/h1-2,6-8H,3-5H2/b7-6+. The van der Waals surface area contributed by atoms with E-state index in [2.05, 4.69) is 12.2 Å². The van der Waals surface area contributed by atoms with Crippen molar-refractivity contribution < 1.29 is 4.92 Å². The van der Waals surface area contributed by atoms with E-state index in [0.29, 0.717) is 5.92 Å². The summed E-state index contributed by atoms with van der Waals surface area (Å²) in [5.74, 6) is 0.380. The molecule has 0 aromatic heterocycles.